The fraction of sp³-hybridized carbons (Fsp3) is 0.257. The molecule has 5 aromatic heterocycles. The number of anilines is 2. The van der Waals surface area contributed by atoms with Gasteiger partial charge in [-0.2, -0.15) is 9.97 Å². The number of aromatic amines is 2. The highest BCUT2D eigenvalue weighted by Crippen LogP contribution is 2.50. The maximum absolute atomic E-state index is 13.3. The minimum atomic E-state index is -3.87. The Bertz CT molecular complexity index is 2770. The van der Waals surface area contributed by atoms with Crippen LogP contribution in [0.25, 0.3) is 22.3 Å². The number of furan rings is 1. The van der Waals surface area contributed by atoms with Crippen molar-refractivity contribution >= 4 is 55.3 Å². The molecule has 0 amide bonds. The summed E-state index contributed by atoms with van der Waals surface area (Å²) < 4.78 is 60.4. The van der Waals surface area contributed by atoms with Gasteiger partial charge in [-0.15, -0.1) is 0 Å². The molecule has 0 saturated carbocycles. The van der Waals surface area contributed by atoms with Crippen LogP contribution in [0.4, 0.5) is 17.8 Å². The number of nitrogens with zero attached hydrogens (tertiary/aromatic N) is 7. The van der Waals surface area contributed by atoms with Crippen molar-refractivity contribution in [2.24, 2.45) is 0 Å². The molecule has 7 N–H and O–H groups in total. The zero-order chi connectivity index (χ0) is 43.4. The molecule has 0 saturated heterocycles. The Morgan fingerprint density at radius 1 is 0.721 bits per heavy atom. The van der Waals surface area contributed by atoms with Gasteiger partial charge in [-0.1, -0.05) is 60.7 Å². The van der Waals surface area contributed by atoms with E-state index in [-0.39, 0.29) is 80.5 Å². The fourth-order valence-corrected chi connectivity index (χ4v) is 7.33. The predicted octanol–water partition coefficient (Wildman–Crippen LogP) is 3.88. The first kappa shape index (κ1) is 44.2. The van der Waals surface area contributed by atoms with Gasteiger partial charge >= 0.3 is 21.1 Å². The summed E-state index contributed by atoms with van der Waals surface area (Å²) in [5.74, 6) is -0.408. The van der Waals surface area contributed by atoms with Gasteiger partial charge in [0.25, 0.3) is 11.1 Å². The van der Waals surface area contributed by atoms with E-state index >= 15 is 0 Å². The molecule has 5 heterocycles. The second kappa shape index (κ2) is 20.3. The highest BCUT2D eigenvalue weighted by Gasteiger charge is 2.27. The molecule has 2 atom stereocenters. The Morgan fingerprint density at radius 3 is 1.72 bits per heavy atom. The number of H-pyrrole nitrogens is 2. The quantitative estimate of drug-likeness (QED) is 0.0314. The predicted molar refractivity (Wildman–Crippen MR) is 217 cm³/mol. The van der Waals surface area contributed by atoms with E-state index in [9.17, 15) is 33.7 Å². The summed E-state index contributed by atoms with van der Waals surface area (Å²) in [4.78, 5) is 64.3. The van der Waals surface area contributed by atoms with E-state index < -0.39 is 49.8 Å². The summed E-state index contributed by atoms with van der Waals surface area (Å²) in [6.45, 7) is 0.392. The van der Waals surface area contributed by atoms with E-state index in [1.165, 1.54) is 24.8 Å². The lowest BCUT2D eigenvalue weighted by atomic mass is 10.2. The van der Waals surface area contributed by atoms with E-state index in [1.807, 2.05) is 36.4 Å². The van der Waals surface area contributed by atoms with Crippen molar-refractivity contribution in [3.63, 3.8) is 0 Å². The second-order valence-electron chi connectivity index (χ2n) is 12.7. The lowest BCUT2D eigenvalue weighted by molar-refractivity contribution is -0.402. The van der Waals surface area contributed by atoms with Gasteiger partial charge in [0.2, 0.25) is 11.9 Å². The van der Waals surface area contributed by atoms with Crippen LogP contribution in [0.15, 0.2) is 99.5 Å². The molecule has 2 aromatic carbocycles. The number of nitrogens with one attached hydrogen (secondary N) is 2. The number of nitrogens with two attached hydrogens (primary N) is 2. The van der Waals surface area contributed by atoms with Crippen molar-refractivity contribution < 1.29 is 46.4 Å². The molecule has 0 radical (unpaired) electrons. The number of nitro groups is 1. The number of hydrogen-bond acceptors (Lipinski definition) is 18. The van der Waals surface area contributed by atoms with Crippen molar-refractivity contribution in [1.82, 2.24) is 39.0 Å². The first-order valence-electron chi connectivity index (χ1n) is 18.0. The molecule has 7 rings (SSSR count). The zero-order valence-corrected chi connectivity index (χ0v) is 33.8. The summed E-state index contributed by atoms with van der Waals surface area (Å²) in [6.07, 6.45) is 2.01. The van der Waals surface area contributed by atoms with Crippen molar-refractivity contribution in [2.75, 3.05) is 37.4 Å². The van der Waals surface area contributed by atoms with E-state index in [1.54, 1.807) is 33.4 Å². The second-order valence-corrected chi connectivity index (χ2v) is 16.5. The van der Waals surface area contributed by atoms with E-state index in [0.29, 0.717) is 5.65 Å². The summed E-state index contributed by atoms with van der Waals surface area (Å²) >= 11 is 0. The van der Waals surface area contributed by atoms with Gasteiger partial charge in [0.05, 0.1) is 45.1 Å². The lowest BCUT2D eigenvalue weighted by Gasteiger charge is -2.18. The topological polar surface area (TPSA) is 336 Å². The number of imidazole rings is 2. The Kier molecular flexibility index (Phi) is 14.7. The first-order valence-corrected chi connectivity index (χ1v) is 21.5. The van der Waals surface area contributed by atoms with Crippen molar-refractivity contribution in [1.29, 1.82) is 0 Å². The van der Waals surface area contributed by atoms with Gasteiger partial charge in [-0.05, 0) is 17.2 Å². The summed E-state index contributed by atoms with van der Waals surface area (Å²) in [6, 6.07) is 20.7. The van der Waals surface area contributed by atoms with Crippen LogP contribution in [0, 0.1) is 10.1 Å². The van der Waals surface area contributed by atoms with E-state index in [4.69, 9.17) is 38.9 Å². The third kappa shape index (κ3) is 12.6. The number of fused-ring (bicyclic) bond motifs is 2. The number of hydrogen-bond donors (Lipinski definition) is 5. The highest BCUT2D eigenvalue weighted by molar-refractivity contribution is 7.53. The summed E-state index contributed by atoms with van der Waals surface area (Å²) in [5, 5.41) is 10.8. The molecule has 0 aliphatic carbocycles. The Labute approximate surface area is 343 Å². The maximum atomic E-state index is 13.3. The molecule has 61 heavy (non-hydrogen) atoms. The van der Waals surface area contributed by atoms with Gasteiger partial charge in [0, 0.05) is 13.1 Å². The lowest BCUT2D eigenvalue weighted by Crippen LogP contribution is -2.13. The molecule has 0 aliphatic rings. The fourth-order valence-electron chi connectivity index (χ4n) is 5.30. The molecule has 24 nitrogen and oxygen atoms in total. The smallest absolute Gasteiger partial charge is 0.403 e. The first-order chi connectivity index (χ1) is 29.3. The normalized spacial score (nSPS) is 13.4. The third-order valence-corrected chi connectivity index (χ3v) is 10.8. The van der Waals surface area contributed by atoms with Gasteiger partial charge in [-0.25, -0.2) is 9.97 Å². The Hall–Kier alpha value is -6.36. The van der Waals surface area contributed by atoms with Crippen molar-refractivity contribution in [3.05, 3.63) is 133 Å². The molecule has 0 bridgehead atoms. The molecule has 26 heteroatoms. The number of nitrogen functional groups attached to an aromatic ring is 2. The van der Waals surface area contributed by atoms with Gasteiger partial charge < -0.3 is 48.4 Å². The largest absolute Gasteiger partial charge is 0.433 e. The minimum absolute atomic E-state index is 0.00207. The summed E-state index contributed by atoms with van der Waals surface area (Å²) in [5.41, 5.74) is 12.7. The van der Waals surface area contributed by atoms with Crippen LogP contribution in [0.1, 0.15) is 16.9 Å². The number of benzene rings is 2. The molecule has 322 valence electrons. The van der Waals surface area contributed by atoms with Crippen molar-refractivity contribution in [3.8, 4) is 0 Å². The average molecular weight is 884 g/mol. The Morgan fingerprint density at radius 2 is 1.21 bits per heavy atom. The van der Waals surface area contributed by atoms with E-state index in [0.717, 1.165) is 11.1 Å². The van der Waals surface area contributed by atoms with Crippen LogP contribution in [-0.4, -0.2) is 74.8 Å². The van der Waals surface area contributed by atoms with Crippen LogP contribution in [0.5, 0.6) is 0 Å². The number of ether oxygens (including phenoxy) is 2. The third-order valence-electron chi connectivity index (χ3n) is 8.22. The SMILES string of the molecule is Nc1nc2c(ncn2CCOCP(=O)(O)OCc2ccccc2)c(=O)[nH]1.Nc1nc2c(ncn2CCOCP(=O)(OCc2ccccc2)OCc2ccc([N+](=O)[O-])o2)c(=O)[nH]1. The molecule has 7 aromatic rings. The van der Waals surface area contributed by atoms with E-state index in [2.05, 4.69) is 29.9 Å². The van der Waals surface area contributed by atoms with Crippen molar-refractivity contribution in [2.45, 2.75) is 32.9 Å². The molecule has 0 aliphatic heterocycles. The molecule has 2 unspecified atom stereocenters. The van der Waals surface area contributed by atoms with Crippen LogP contribution in [-0.2, 0) is 65.1 Å². The van der Waals surface area contributed by atoms with Crippen LogP contribution in [0.3, 0.4) is 0 Å². The number of rotatable bonds is 20. The maximum Gasteiger partial charge on any atom is 0.433 e. The zero-order valence-electron chi connectivity index (χ0n) is 32.0. The summed E-state index contributed by atoms with van der Waals surface area (Å²) in [7, 11) is -7.67. The highest BCUT2D eigenvalue weighted by atomic mass is 31.2. The average Bonchev–Trinajstić information content (AvgIpc) is 4.00. The minimum Gasteiger partial charge on any atom is -0.403 e. The van der Waals surface area contributed by atoms with Gasteiger partial charge in [0.1, 0.15) is 30.0 Å². The Balaban J connectivity index is 0.000000213. The van der Waals surface area contributed by atoms with Crippen LogP contribution in [0.2, 0.25) is 0 Å². The monoisotopic (exact) mass is 883 g/mol. The molecule has 0 spiro atoms. The standard InChI is InChI=1S/C20H21N6O8P.C15H18N5O5P/c21-20-23-18-17(19(27)24-20)22-12-25(18)8-9-31-13-35(30,32-10-14-4-2-1-3-5-14)33-11-15-6-7-16(34-15)26(28)29;16-15-18-13-12(14(21)19-15)17-9-20(13)6-7-24-10-26(22,23)25-8-11-4-2-1-3-5-11/h1-7,12H,8-11,13H2,(H3,21,23,24,27);1-5,9H,6-8,10H2,(H,22,23)(H3,16,18,19,21). The van der Waals surface area contributed by atoms with Crippen LogP contribution < -0.4 is 22.6 Å². The van der Waals surface area contributed by atoms with Gasteiger partial charge in [0.15, 0.2) is 22.3 Å². The molecule has 0 fully saturated rings. The van der Waals surface area contributed by atoms with Crippen LogP contribution >= 0.6 is 15.2 Å². The number of aromatic nitrogens is 8. The molecular formula is C35H39N11O13P2. The molecular weight excluding hydrogens is 844 g/mol. The van der Waals surface area contributed by atoms with Gasteiger partial charge in [-0.3, -0.25) is 43.3 Å².